The van der Waals surface area contributed by atoms with E-state index in [1.54, 1.807) is 5.32 Å². The SMILES string of the molecule is O=C(N[C@](Cc1ccccc1)(c1ccc(F)cc1)c1cc(F)cc(OC(F)(F)C(F)F)c1)C(O)C(O)(C(F)(F)F)C(F)(F)F. The number of nitrogens with one attached hydrogen (secondary N) is 1. The predicted molar refractivity (Wildman–Crippen MR) is 127 cm³/mol. The molecule has 0 saturated heterocycles. The van der Waals surface area contributed by atoms with Crippen molar-refractivity contribution < 1.29 is 72.4 Å². The van der Waals surface area contributed by atoms with Crippen molar-refractivity contribution in [3.63, 3.8) is 0 Å². The third-order valence-electron chi connectivity index (χ3n) is 6.37. The highest BCUT2D eigenvalue weighted by atomic mass is 19.4. The topological polar surface area (TPSA) is 78.8 Å². The normalized spacial score (nSPS) is 15.1. The van der Waals surface area contributed by atoms with Crippen LogP contribution in [-0.4, -0.2) is 52.7 Å². The number of amides is 1. The maximum Gasteiger partial charge on any atom is 0.461 e. The van der Waals surface area contributed by atoms with Gasteiger partial charge in [-0.1, -0.05) is 42.5 Å². The number of aliphatic hydroxyl groups is 2. The molecular weight excluding hydrogens is 630 g/mol. The van der Waals surface area contributed by atoms with Gasteiger partial charge in [0.1, 0.15) is 17.4 Å². The minimum absolute atomic E-state index is 0.0816. The van der Waals surface area contributed by atoms with Gasteiger partial charge in [0.25, 0.3) is 11.5 Å². The molecule has 3 N–H and O–H groups in total. The van der Waals surface area contributed by atoms with Gasteiger partial charge in [-0.3, -0.25) is 4.79 Å². The lowest BCUT2D eigenvalue weighted by molar-refractivity contribution is -0.386. The van der Waals surface area contributed by atoms with Crippen LogP contribution in [0.4, 0.5) is 52.7 Å². The molecule has 0 aliphatic heterocycles. The number of alkyl halides is 10. The summed E-state index contributed by atoms with van der Waals surface area (Å²) in [5.41, 5.74) is -9.90. The molecular formula is C27H19F12NO4. The average molecular weight is 649 g/mol. The van der Waals surface area contributed by atoms with Crippen LogP contribution in [0, 0.1) is 11.6 Å². The molecule has 0 aliphatic carbocycles. The average Bonchev–Trinajstić information content (AvgIpc) is 2.90. The van der Waals surface area contributed by atoms with Crippen LogP contribution >= 0.6 is 0 Å². The monoisotopic (exact) mass is 649 g/mol. The molecule has 0 fully saturated rings. The van der Waals surface area contributed by atoms with E-state index in [1.165, 1.54) is 30.3 Å². The van der Waals surface area contributed by atoms with Crippen molar-refractivity contribution >= 4 is 5.91 Å². The zero-order valence-corrected chi connectivity index (χ0v) is 21.5. The van der Waals surface area contributed by atoms with Crippen LogP contribution in [-0.2, 0) is 16.8 Å². The fraction of sp³-hybridized carbons (Fsp3) is 0.296. The molecule has 17 heteroatoms. The number of hydrogen-bond donors (Lipinski definition) is 3. The molecule has 240 valence electrons. The second kappa shape index (κ2) is 12.2. The quantitative estimate of drug-likeness (QED) is 0.235. The summed E-state index contributed by atoms with van der Waals surface area (Å²) in [6.45, 7) is 0. The summed E-state index contributed by atoms with van der Waals surface area (Å²) in [7, 11) is 0. The van der Waals surface area contributed by atoms with Crippen LogP contribution in [0.5, 0.6) is 5.75 Å². The lowest BCUT2D eigenvalue weighted by Gasteiger charge is -2.40. The Hall–Kier alpha value is -3.99. The summed E-state index contributed by atoms with van der Waals surface area (Å²) >= 11 is 0. The van der Waals surface area contributed by atoms with Crippen LogP contribution in [0.3, 0.4) is 0 Å². The first kappa shape index (κ1) is 34.5. The van der Waals surface area contributed by atoms with E-state index in [2.05, 4.69) is 4.74 Å². The van der Waals surface area contributed by atoms with Crippen LogP contribution in [0.15, 0.2) is 72.8 Å². The van der Waals surface area contributed by atoms with E-state index in [0.29, 0.717) is 24.3 Å². The zero-order valence-electron chi connectivity index (χ0n) is 21.5. The first-order chi connectivity index (χ1) is 20.1. The molecule has 0 spiro atoms. The maximum absolute atomic E-state index is 14.8. The molecule has 0 aromatic heterocycles. The first-order valence-electron chi connectivity index (χ1n) is 12.0. The van der Waals surface area contributed by atoms with E-state index in [-0.39, 0.29) is 11.6 Å². The van der Waals surface area contributed by atoms with Gasteiger partial charge in [0.15, 0.2) is 6.10 Å². The highest BCUT2D eigenvalue weighted by Crippen LogP contribution is 2.46. The van der Waals surface area contributed by atoms with Crippen LogP contribution < -0.4 is 10.1 Å². The summed E-state index contributed by atoms with van der Waals surface area (Å²) < 4.78 is 166. The van der Waals surface area contributed by atoms with E-state index in [9.17, 15) is 67.7 Å². The molecule has 3 aromatic carbocycles. The van der Waals surface area contributed by atoms with E-state index in [4.69, 9.17) is 0 Å². The maximum atomic E-state index is 14.8. The molecule has 0 radical (unpaired) electrons. The van der Waals surface area contributed by atoms with Crippen molar-refractivity contribution in [2.45, 2.75) is 48.6 Å². The van der Waals surface area contributed by atoms with Crippen molar-refractivity contribution in [1.29, 1.82) is 0 Å². The second-order valence-electron chi connectivity index (χ2n) is 9.37. The summed E-state index contributed by atoms with van der Waals surface area (Å²) in [4.78, 5) is 13.1. The molecule has 3 rings (SSSR count). The highest BCUT2D eigenvalue weighted by Gasteiger charge is 2.76. The molecule has 44 heavy (non-hydrogen) atoms. The van der Waals surface area contributed by atoms with E-state index < -0.39 is 83.0 Å². The van der Waals surface area contributed by atoms with Crippen molar-refractivity contribution in [1.82, 2.24) is 5.32 Å². The zero-order chi connectivity index (χ0) is 33.3. The largest absolute Gasteiger partial charge is 0.461 e. The van der Waals surface area contributed by atoms with Crippen molar-refractivity contribution in [3.8, 4) is 5.75 Å². The van der Waals surface area contributed by atoms with E-state index in [0.717, 1.165) is 12.1 Å². The summed E-state index contributed by atoms with van der Waals surface area (Å²) in [5, 5.41) is 21.4. The summed E-state index contributed by atoms with van der Waals surface area (Å²) in [6, 6.07) is 10.9. The third kappa shape index (κ3) is 6.88. The fourth-order valence-electron chi connectivity index (χ4n) is 4.20. The number of aliphatic hydroxyl groups excluding tert-OH is 1. The van der Waals surface area contributed by atoms with Crippen molar-refractivity contribution in [2.24, 2.45) is 0 Å². The number of ether oxygens (including phenoxy) is 1. The Balaban J connectivity index is 2.34. The van der Waals surface area contributed by atoms with Gasteiger partial charge in [0.05, 0.1) is 5.54 Å². The van der Waals surface area contributed by atoms with Crippen LogP contribution in [0.2, 0.25) is 0 Å². The lowest BCUT2D eigenvalue weighted by Crippen LogP contribution is -2.69. The number of hydrogen-bond acceptors (Lipinski definition) is 4. The molecule has 2 atom stereocenters. The molecule has 0 bridgehead atoms. The Morgan fingerprint density at radius 2 is 1.32 bits per heavy atom. The van der Waals surface area contributed by atoms with Gasteiger partial charge in [-0.2, -0.15) is 43.9 Å². The first-order valence-corrected chi connectivity index (χ1v) is 12.0. The van der Waals surface area contributed by atoms with Gasteiger partial charge in [0, 0.05) is 12.5 Å². The molecule has 1 amide bonds. The smallest absolute Gasteiger partial charge is 0.428 e. The summed E-state index contributed by atoms with van der Waals surface area (Å²) in [6.07, 6.45) is -28.2. The van der Waals surface area contributed by atoms with Gasteiger partial charge < -0.3 is 20.3 Å². The van der Waals surface area contributed by atoms with Crippen molar-refractivity contribution in [2.75, 3.05) is 0 Å². The number of benzene rings is 3. The number of carbonyl (C=O) groups is 1. The summed E-state index contributed by atoms with van der Waals surface area (Å²) in [5.74, 6) is -6.38. The third-order valence-corrected chi connectivity index (χ3v) is 6.37. The Morgan fingerprint density at radius 3 is 1.82 bits per heavy atom. The minimum Gasteiger partial charge on any atom is -0.428 e. The minimum atomic E-state index is -6.69. The standard InChI is InChI=1S/C27H19F12NO4/c28-17-8-6-15(7-9-17)23(13-14-4-2-1-3-5-14,16-10-18(29)12-19(11-16)44-25(32,33)22(30)31)40-21(42)20(41)24(43,26(34,35)36)27(37,38)39/h1-12,20,22,41,43H,13H2,(H,40,42)/t20?,23-/m1/s1. The van der Waals surface area contributed by atoms with Gasteiger partial charge in [0.2, 0.25) is 0 Å². The molecule has 0 heterocycles. The van der Waals surface area contributed by atoms with Crippen molar-refractivity contribution in [3.05, 3.63) is 101 Å². The van der Waals surface area contributed by atoms with Gasteiger partial charge in [-0.15, -0.1) is 0 Å². The Morgan fingerprint density at radius 1 is 0.773 bits per heavy atom. The van der Waals surface area contributed by atoms with Gasteiger partial charge in [-0.25, -0.2) is 8.78 Å². The van der Waals surface area contributed by atoms with Crippen LogP contribution in [0.25, 0.3) is 0 Å². The second-order valence-corrected chi connectivity index (χ2v) is 9.37. The Bertz CT molecular complexity index is 1430. The molecule has 0 aliphatic rings. The fourth-order valence-corrected chi connectivity index (χ4v) is 4.20. The molecule has 1 unspecified atom stereocenters. The highest BCUT2D eigenvalue weighted by molar-refractivity contribution is 5.84. The number of rotatable bonds is 10. The molecule has 3 aromatic rings. The van der Waals surface area contributed by atoms with Gasteiger partial charge in [-0.05, 0) is 41.0 Å². The lowest BCUT2D eigenvalue weighted by atomic mass is 9.77. The Labute approximate surface area is 239 Å². The predicted octanol–water partition coefficient (Wildman–Crippen LogP) is 6.02. The van der Waals surface area contributed by atoms with Gasteiger partial charge >= 0.3 is 24.9 Å². The van der Waals surface area contributed by atoms with Crippen LogP contribution in [0.1, 0.15) is 16.7 Å². The number of carbonyl (C=O) groups excluding carboxylic acids is 1. The Kier molecular flexibility index (Phi) is 9.55. The molecule has 0 saturated carbocycles. The van der Waals surface area contributed by atoms with E-state index >= 15 is 0 Å². The molecule has 5 nitrogen and oxygen atoms in total. The van der Waals surface area contributed by atoms with E-state index in [1.807, 2.05) is 0 Å². The number of halogens is 12.